The lowest BCUT2D eigenvalue weighted by atomic mass is 9.86. The Balaban J connectivity index is 2.30. The van der Waals surface area contributed by atoms with E-state index in [2.05, 4.69) is 0 Å². The molecule has 2 N–H and O–H groups in total. The van der Waals surface area contributed by atoms with E-state index in [-0.39, 0.29) is 11.6 Å². The molecule has 1 atom stereocenters. The summed E-state index contributed by atoms with van der Waals surface area (Å²) in [5.74, 6) is -0.669. The monoisotopic (exact) mass is 281 g/mol. The lowest BCUT2D eigenvalue weighted by Crippen LogP contribution is -2.35. The molecule has 2 rings (SSSR count). The first-order valence-electron chi connectivity index (χ1n) is 5.87. The van der Waals surface area contributed by atoms with E-state index in [4.69, 9.17) is 17.3 Å². The molecule has 4 heteroatoms. The van der Waals surface area contributed by atoms with Gasteiger partial charge in [-0.2, -0.15) is 0 Å². The molecule has 0 heterocycles. The van der Waals surface area contributed by atoms with Crippen LogP contribution in [0.2, 0.25) is 5.02 Å². The van der Waals surface area contributed by atoms with Crippen molar-refractivity contribution in [3.05, 3.63) is 70.2 Å². The fraction of sp³-hybridized carbons (Fsp3) is 0.200. The van der Waals surface area contributed by atoms with Crippen LogP contribution in [0.15, 0.2) is 42.5 Å². The van der Waals surface area contributed by atoms with Gasteiger partial charge in [-0.05, 0) is 54.8 Å². The van der Waals surface area contributed by atoms with Crippen molar-refractivity contribution in [2.45, 2.75) is 18.9 Å². The van der Waals surface area contributed by atoms with Gasteiger partial charge in [-0.25, -0.2) is 8.78 Å². The highest BCUT2D eigenvalue weighted by molar-refractivity contribution is 6.31. The quantitative estimate of drug-likeness (QED) is 0.903. The topological polar surface area (TPSA) is 26.0 Å². The lowest BCUT2D eigenvalue weighted by Gasteiger charge is -2.26. The Morgan fingerprint density at radius 2 is 1.63 bits per heavy atom. The smallest absolute Gasteiger partial charge is 0.123 e. The summed E-state index contributed by atoms with van der Waals surface area (Å²) in [6.07, 6.45) is 0.370. The van der Waals surface area contributed by atoms with Crippen molar-refractivity contribution < 1.29 is 8.78 Å². The highest BCUT2D eigenvalue weighted by Crippen LogP contribution is 2.27. The zero-order chi connectivity index (χ0) is 14.0. The van der Waals surface area contributed by atoms with Gasteiger partial charge >= 0.3 is 0 Å². The molecule has 0 aliphatic carbocycles. The zero-order valence-corrected chi connectivity index (χ0v) is 11.2. The average Bonchev–Trinajstić information content (AvgIpc) is 2.34. The Morgan fingerprint density at radius 1 is 1.05 bits per heavy atom. The molecule has 0 fully saturated rings. The van der Waals surface area contributed by atoms with Crippen LogP contribution in [0.4, 0.5) is 8.78 Å². The summed E-state index contributed by atoms with van der Waals surface area (Å²) in [6, 6.07) is 10.1. The minimum absolute atomic E-state index is 0.316. The molecule has 0 aliphatic rings. The predicted molar refractivity (Wildman–Crippen MR) is 73.1 cm³/mol. The first-order chi connectivity index (χ1) is 8.88. The van der Waals surface area contributed by atoms with Gasteiger partial charge in [0.15, 0.2) is 0 Å². The normalized spacial score (nSPS) is 14.2. The third-order valence-corrected chi connectivity index (χ3v) is 3.44. The maximum atomic E-state index is 13.2. The predicted octanol–water partition coefficient (Wildman–Crippen LogP) is 4.03. The molecule has 0 aromatic heterocycles. The van der Waals surface area contributed by atoms with Gasteiger partial charge in [0.05, 0.1) is 0 Å². The molecule has 2 aromatic rings. The number of halogens is 3. The summed E-state index contributed by atoms with van der Waals surface area (Å²) in [5.41, 5.74) is 6.90. The van der Waals surface area contributed by atoms with Crippen molar-refractivity contribution in [1.82, 2.24) is 0 Å². The number of hydrogen-bond donors (Lipinski definition) is 1. The fourth-order valence-electron chi connectivity index (χ4n) is 2.01. The molecular weight excluding hydrogens is 268 g/mol. The number of hydrogen-bond acceptors (Lipinski definition) is 1. The summed E-state index contributed by atoms with van der Waals surface area (Å²) >= 11 is 6.03. The molecule has 100 valence electrons. The van der Waals surface area contributed by atoms with Crippen LogP contribution in [-0.4, -0.2) is 0 Å². The highest BCUT2D eigenvalue weighted by atomic mass is 35.5. The van der Waals surface area contributed by atoms with E-state index in [9.17, 15) is 8.78 Å². The molecule has 1 nitrogen and oxygen atoms in total. The van der Waals surface area contributed by atoms with Gasteiger partial charge in [-0.3, -0.25) is 0 Å². The molecule has 19 heavy (non-hydrogen) atoms. The van der Waals surface area contributed by atoms with E-state index in [1.54, 1.807) is 12.1 Å². The maximum absolute atomic E-state index is 13.2. The highest BCUT2D eigenvalue weighted by Gasteiger charge is 2.23. The summed E-state index contributed by atoms with van der Waals surface area (Å²) < 4.78 is 26.1. The Labute approximate surface area is 116 Å². The molecule has 2 aromatic carbocycles. The van der Waals surface area contributed by atoms with Gasteiger partial charge in [0, 0.05) is 10.6 Å². The van der Waals surface area contributed by atoms with Crippen LogP contribution in [-0.2, 0) is 12.0 Å². The molecule has 1 unspecified atom stereocenters. The summed E-state index contributed by atoms with van der Waals surface area (Å²) in [6.45, 7) is 1.81. The largest absolute Gasteiger partial charge is 0.321 e. The fourth-order valence-corrected chi connectivity index (χ4v) is 2.19. The second-order valence-corrected chi connectivity index (χ2v) is 5.24. The number of benzene rings is 2. The van der Waals surface area contributed by atoms with Crippen molar-refractivity contribution in [2.24, 2.45) is 5.73 Å². The minimum Gasteiger partial charge on any atom is -0.321 e. The molecule has 0 saturated heterocycles. The van der Waals surface area contributed by atoms with Crippen LogP contribution < -0.4 is 5.73 Å². The second-order valence-electron chi connectivity index (χ2n) is 4.84. The maximum Gasteiger partial charge on any atom is 0.123 e. The summed E-state index contributed by atoms with van der Waals surface area (Å²) in [7, 11) is 0. The number of nitrogens with two attached hydrogens (primary N) is 1. The van der Waals surface area contributed by atoms with E-state index in [0.717, 1.165) is 5.56 Å². The SMILES string of the molecule is CC(N)(Cc1cc(F)ccc1Cl)c1ccc(F)cc1. The van der Waals surface area contributed by atoms with Gasteiger partial charge in [-0.1, -0.05) is 23.7 Å². The lowest BCUT2D eigenvalue weighted by molar-refractivity contribution is 0.488. The first kappa shape index (κ1) is 14.0. The van der Waals surface area contributed by atoms with Crippen molar-refractivity contribution >= 4 is 11.6 Å². The van der Waals surface area contributed by atoms with Crippen LogP contribution in [0.25, 0.3) is 0 Å². The minimum atomic E-state index is -0.745. The molecule has 0 amide bonds. The van der Waals surface area contributed by atoms with Crippen molar-refractivity contribution in [1.29, 1.82) is 0 Å². The van der Waals surface area contributed by atoms with E-state index >= 15 is 0 Å². The second kappa shape index (κ2) is 5.27. The third-order valence-electron chi connectivity index (χ3n) is 3.07. The summed E-state index contributed by atoms with van der Waals surface area (Å²) in [4.78, 5) is 0. The first-order valence-corrected chi connectivity index (χ1v) is 6.25. The molecule has 0 radical (unpaired) electrons. The van der Waals surface area contributed by atoms with Crippen molar-refractivity contribution in [3.63, 3.8) is 0 Å². The Bertz CT molecular complexity index is 579. The van der Waals surface area contributed by atoms with Crippen molar-refractivity contribution in [2.75, 3.05) is 0 Å². The molecule has 0 aliphatic heterocycles. The van der Waals surface area contributed by atoms with Gasteiger partial charge in [0.2, 0.25) is 0 Å². The van der Waals surface area contributed by atoms with E-state index in [1.165, 1.54) is 30.3 Å². The van der Waals surface area contributed by atoms with Crippen LogP contribution in [0.1, 0.15) is 18.1 Å². The van der Waals surface area contributed by atoms with Crippen molar-refractivity contribution in [3.8, 4) is 0 Å². The van der Waals surface area contributed by atoms with Crippen LogP contribution in [0.5, 0.6) is 0 Å². The van der Waals surface area contributed by atoms with Crippen LogP contribution >= 0.6 is 11.6 Å². The van der Waals surface area contributed by atoms with Crippen LogP contribution in [0.3, 0.4) is 0 Å². The Morgan fingerprint density at radius 3 is 2.26 bits per heavy atom. The molecule has 0 bridgehead atoms. The zero-order valence-electron chi connectivity index (χ0n) is 10.5. The van der Waals surface area contributed by atoms with E-state index < -0.39 is 5.54 Å². The molecule has 0 spiro atoms. The third kappa shape index (κ3) is 3.31. The van der Waals surface area contributed by atoms with Gasteiger partial charge in [0.25, 0.3) is 0 Å². The van der Waals surface area contributed by atoms with Gasteiger partial charge < -0.3 is 5.73 Å². The van der Waals surface area contributed by atoms with Crippen LogP contribution in [0, 0.1) is 11.6 Å². The Hall–Kier alpha value is -1.45. The average molecular weight is 282 g/mol. The van der Waals surface area contributed by atoms with E-state index in [1.807, 2.05) is 6.92 Å². The Kier molecular flexibility index (Phi) is 3.88. The number of rotatable bonds is 3. The molecular formula is C15H14ClF2N. The molecule has 0 saturated carbocycles. The van der Waals surface area contributed by atoms with Gasteiger partial charge in [-0.15, -0.1) is 0 Å². The summed E-state index contributed by atoms with van der Waals surface area (Å²) in [5, 5.41) is 0.472. The van der Waals surface area contributed by atoms with E-state index in [0.29, 0.717) is 17.0 Å². The van der Waals surface area contributed by atoms with Gasteiger partial charge in [0.1, 0.15) is 11.6 Å². The standard InChI is InChI=1S/C15H14ClF2N/c1-15(19,11-2-4-12(17)5-3-11)9-10-8-13(18)6-7-14(10)16/h2-8H,9,19H2,1H3.